The van der Waals surface area contributed by atoms with Crippen molar-refractivity contribution in [1.82, 2.24) is 4.90 Å². The molecule has 0 bridgehead atoms. The molecule has 2 aromatic carbocycles. The molecule has 0 aliphatic carbocycles. The van der Waals surface area contributed by atoms with Gasteiger partial charge in [-0.15, -0.1) is 0 Å². The lowest BCUT2D eigenvalue weighted by Gasteiger charge is -2.31. The largest absolute Gasteiger partial charge is 0.339 e. The molecule has 0 aromatic heterocycles. The Labute approximate surface area is 150 Å². The highest BCUT2D eigenvalue weighted by molar-refractivity contribution is 9.10. The van der Waals surface area contributed by atoms with Gasteiger partial charge in [-0.2, -0.15) is 0 Å². The second-order valence-corrected chi connectivity index (χ2v) is 9.00. The maximum atomic E-state index is 12.7. The van der Waals surface area contributed by atoms with Crippen molar-refractivity contribution >= 4 is 31.7 Å². The number of amides is 1. The molecule has 0 atom stereocenters. The van der Waals surface area contributed by atoms with Crippen LogP contribution in [0, 0.1) is 0 Å². The first-order valence-electron chi connectivity index (χ1n) is 7.82. The van der Waals surface area contributed by atoms with E-state index in [9.17, 15) is 13.2 Å². The lowest BCUT2D eigenvalue weighted by atomic mass is 10.1. The lowest BCUT2D eigenvalue weighted by Crippen LogP contribution is -2.42. The summed E-state index contributed by atoms with van der Waals surface area (Å²) in [5, 5.41) is -0.425. The van der Waals surface area contributed by atoms with Gasteiger partial charge < -0.3 is 4.90 Å². The number of hydrogen-bond acceptors (Lipinski definition) is 3. The highest BCUT2D eigenvalue weighted by Gasteiger charge is 2.32. The first-order chi connectivity index (χ1) is 11.5. The fourth-order valence-corrected chi connectivity index (χ4v) is 5.13. The Bertz CT molecular complexity index is 828. The van der Waals surface area contributed by atoms with Gasteiger partial charge in [-0.05, 0) is 43.2 Å². The van der Waals surface area contributed by atoms with Gasteiger partial charge in [0.05, 0.1) is 10.1 Å². The Morgan fingerprint density at radius 1 is 1.00 bits per heavy atom. The molecule has 4 nitrogen and oxygen atoms in total. The van der Waals surface area contributed by atoms with Crippen LogP contribution >= 0.6 is 15.9 Å². The van der Waals surface area contributed by atoms with Crippen LogP contribution in [0.2, 0.25) is 0 Å². The number of rotatable bonds is 3. The molecular weight excluding hydrogens is 390 g/mol. The molecule has 1 aliphatic rings. The maximum absolute atomic E-state index is 12.7. The summed E-state index contributed by atoms with van der Waals surface area (Å²) in [5.41, 5.74) is 0.619. The first-order valence-corrected chi connectivity index (χ1v) is 10.2. The van der Waals surface area contributed by atoms with Crippen molar-refractivity contribution in [3.8, 4) is 0 Å². The third-order valence-corrected chi connectivity index (χ3v) is 7.08. The minimum atomic E-state index is -3.33. The Morgan fingerprint density at radius 2 is 1.67 bits per heavy atom. The van der Waals surface area contributed by atoms with Crippen molar-refractivity contribution in [2.75, 3.05) is 13.1 Å². The van der Waals surface area contributed by atoms with Gasteiger partial charge in [0.1, 0.15) is 0 Å². The molecule has 0 unspecified atom stereocenters. The molecule has 6 heteroatoms. The van der Waals surface area contributed by atoms with E-state index in [2.05, 4.69) is 15.9 Å². The van der Waals surface area contributed by atoms with E-state index in [0.29, 0.717) is 36.4 Å². The normalized spacial score (nSPS) is 16.1. The lowest BCUT2D eigenvalue weighted by molar-refractivity contribution is 0.0725. The number of benzene rings is 2. The number of carbonyl (C=O) groups excluding carboxylic acids is 1. The zero-order chi connectivity index (χ0) is 17.2. The molecule has 1 heterocycles. The van der Waals surface area contributed by atoms with E-state index >= 15 is 0 Å². The maximum Gasteiger partial charge on any atom is 0.253 e. The molecule has 3 rings (SSSR count). The van der Waals surface area contributed by atoms with Gasteiger partial charge in [0.15, 0.2) is 9.84 Å². The van der Waals surface area contributed by atoms with E-state index in [4.69, 9.17) is 0 Å². The summed E-state index contributed by atoms with van der Waals surface area (Å²) in [6, 6.07) is 15.8. The smallest absolute Gasteiger partial charge is 0.253 e. The van der Waals surface area contributed by atoms with Crippen LogP contribution in [0.3, 0.4) is 0 Å². The summed E-state index contributed by atoms with van der Waals surface area (Å²) < 4.78 is 26.2. The molecular formula is C18H18BrNO3S. The number of carbonyl (C=O) groups is 1. The van der Waals surface area contributed by atoms with Gasteiger partial charge in [0, 0.05) is 23.1 Å². The van der Waals surface area contributed by atoms with Gasteiger partial charge in [-0.1, -0.05) is 40.2 Å². The van der Waals surface area contributed by atoms with Crippen molar-refractivity contribution < 1.29 is 13.2 Å². The minimum absolute atomic E-state index is 0.0492. The van der Waals surface area contributed by atoms with E-state index in [1.807, 2.05) is 12.1 Å². The Kier molecular flexibility index (Phi) is 5.06. The Balaban J connectivity index is 1.69. The van der Waals surface area contributed by atoms with Crippen molar-refractivity contribution in [2.45, 2.75) is 23.0 Å². The van der Waals surface area contributed by atoms with E-state index < -0.39 is 15.1 Å². The predicted molar refractivity (Wildman–Crippen MR) is 96.7 cm³/mol. The summed E-state index contributed by atoms with van der Waals surface area (Å²) in [7, 11) is -3.33. The van der Waals surface area contributed by atoms with Crippen LogP contribution in [0.1, 0.15) is 23.2 Å². The molecule has 24 heavy (non-hydrogen) atoms. The fraction of sp³-hybridized carbons (Fsp3) is 0.278. The van der Waals surface area contributed by atoms with Crippen LogP contribution in [-0.2, 0) is 9.84 Å². The van der Waals surface area contributed by atoms with Crippen LogP contribution in [0.5, 0.6) is 0 Å². The average Bonchev–Trinajstić information content (AvgIpc) is 2.62. The molecule has 126 valence electrons. The van der Waals surface area contributed by atoms with Crippen molar-refractivity contribution in [3.63, 3.8) is 0 Å². The summed E-state index contributed by atoms with van der Waals surface area (Å²) in [4.78, 5) is 14.6. The van der Waals surface area contributed by atoms with Crippen LogP contribution in [-0.4, -0.2) is 37.6 Å². The second-order valence-electron chi connectivity index (χ2n) is 5.86. The average molecular weight is 408 g/mol. The highest BCUT2D eigenvalue weighted by atomic mass is 79.9. The first kappa shape index (κ1) is 17.2. The van der Waals surface area contributed by atoms with E-state index in [1.54, 1.807) is 47.4 Å². The van der Waals surface area contributed by atoms with Crippen LogP contribution in [0.4, 0.5) is 0 Å². The quantitative estimate of drug-likeness (QED) is 0.781. The van der Waals surface area contributed by atoms with E-state index in [1.165, 1.54) is 0 Å². The summed E-state index contributed by atoms with van der Waals surface area (Å²) in [5.74, 6) is -0.0492. The third-order valence-electron chi connectivity index (χ3n) is 4.31. The summed E-state index contributed by atoms with van der Waals surface area (Å²) in [6.07, 6.45) is 0.938. The number of likely N-dealkylation sites (tertiary alicyclic amines) is 1. The zero-order valence-electron chi connectivity index (χ0n) is 13.1. The molecule has 0 saturated carbocycles. The number of sulfone groups is 1. The number of halogens is 1. The molecule has 1 saturated heterocycles. The number of piperidine rings is 1. The van der Waals surface area contributed by atoms with Gasteiger partial charge >= 0.3 is 0 Å². The minimum Gasteiger partial charge on any atom is -0.339 e. The molecule has 0 N–H and O–H groups in total. The van der Waals surface area contributed by atoms with Gasteiger partial charge in [0.25, 0.3) is 5.91 Å². The molecule has 1 amide bonds. The molecule has 1 aliphatic heterocycles. The molecule has 0 spiro atoms. The van der Waals surface area contributed by atoms with Crippen LogP contribution in [0.25, 0.3) is 0 Å². The Morgan fingerprint density at radius 3 is 2.29 bits per heavy atom. The van der Waals surface area contributed by atoms with Crippen LogP contribution in [0.15, 0.2) is 64.0 Å². The van der Waals surface area contributed by atoms with E-state index in [-0.39, 0.29) is 5.91 Å². The van der Waals surface area contributed by atoms with Gasteiger partial charge in [0.2, 0.25) is 0 Å². The van der Waals surface area contributed by atoms with Crippen molar-refractivity contribution in [2.24, 2.45) is 0 Å². The SMILES string of the molecule is O=C(c1cccc(Br)c1)N1CCC(S(=O)(=O)c2ccccc2)CC1. The Hall–Kier alpha value is -1.66. The highest BCUT2D eigenvalue weighted by Crippen LogP contribution is 2.25. The number of nitrogens with zero attached hydrogens (tertiary/aromatic N) is 1. The molecule has 2 aromatic rings. The van der Waals surface area contributed by atoms with Crippen LogP contribution < -0.4 is 0 Å². The van der Waals surface area contributed by atoms with Gasteiger partial charge in [-0.25, -0.2) is 8.42 Å². The zero-order valence-corrected chi connectivity index (χ0v) is 15.5. The van der Waals surface area contributed by atoms with Crippen molar-refractivity contribution in [1.29, 1.82) is 0 Å². The van der Waals surface area contributed by atoms with E-state index in [0.717, 1.165) is 4.47 Å². The summed E-state index contributed by atoms with van der Waals surface area (Å²) >= 11 is 3.37. The van der Waals surface area contributed by atoms with Crippen molar-refractivity contribution in [3.05, 3.63) is 64.6 Å². The molecule has 0 radical (unpaired) electrons. The second kappa shape index (κ2) is 7.07. The monoisotopic (exact) mass is 407 g/mol. The number of hydrogen-bond donors (Lipinski definition) is 0. The molecule has 1 fully saturated rings. The standard InChI is InChI=1S/C18H18BrNO3S/c19-15-6-4-5-14(13-15)18(21)20-11-9-17(10-12-20)24(22,23)16-7-2-1-3-8-16/h1-8,13,17H,9-12H2. The van der Waals surface area contributed by atoms with Gasteiger partial charge in [-0.3, -0.25) is 4.79 Å². The summed E-state index contributed by atoms with van der Waals surface area (Å²) in [6.45, 7) is 0.921. The predicted octanol–water partition coefficient (Wildman–Crippen LogP) is 3.53. The third kappa shape index (κ3) is 3.54. The fourth-order valence-electron chi connectivity index (χ4n) is 2.98. The topological polar surface area (TPSA) is 54.5 Å².